The predicted molar refractivity (Wildman–Crippen MR) is 88.2 cm³/mol. The van der Waals surface area contributed by atoms with Crippen molar-refractivity contribution in [2.75, 3.05) is 34.3 Å². The minimum Gasteiger partial charge on any atom is -0.493 e. The number of nitrogens with one attached hydrogen (secondary N) is 1. The Hall–Kier alpha value is -2.08. The van der Waals surface area contributed by atoms with Crippen LogP contribution in [0.4, 0.5) is 0 Å². The standard InChI is InChI=1S/C17H25N3O3/c1-12(20(4)11-16(21)19(2)3)17(22)18-14-9-10-23-15-8-6-5-7-13(14)15/h5-8,12,14H,9-11H2,1-4H3,(H,18,22). The molecule has 6 heteroatoms. The SMILES string of the molecule is CC(C(=O)NC1CCOc2ccccc21)N(C)CC(=O)N(C)C. The lowest BCUT2D eigenvalue weighted by Gasteiger charge is -2.30. The summed E-state index contributed by atoms with van der Waals surface area (Å²) in [5, 5.41) is 3.07. The van der Waals surface area contributed by atoms with Gasteiger partial charge in [0.05, 0.1) is 25.2 Å². The highest BCUT2D eigenvalue weighted by Crippen LogP contribution is 2.31. The van der Waals surface area contributed by atoms with Gasteiger partial charge in [0.2, 0.25) is 11.8 Å². The van der Waals surface area contributed by atoms with Crippen LogP contribution in [0.25, 0.3) is 0 Å². The highest BCUT2D eigenvalue weighted by Gasteiger charge is 2.26. The van der Waals surface area contributed by atoms with E-state index in [0.29, 0.717) is 6.61 Å². The second-order valence-corrected chi connectivity index (χ2v) is 6.12. The first-order valence-electron chi connectivity index (χ1n) is 7.82. The fourth-order valence-electron chi connectivity index (χ4n) is 2.48. The largest absolute Gasteiger partial charge is 0.493 e. The van der Waals surface area contributed by atoms with Gasteiger partial charge in [-0.05, 0) is 20.0 Å². The molecule has 6 nitrogen and oxygen atoms in total. The summed E-state index contributed by atoms with van der Waals surface area (Å²) in [7, 11) is 5.20. The van der Waals surface area contributed by atoms with Gasteiger partial charge in [0.15, 0.2) is 0 Å². The highest BCUT2D eigenvalue weighted by atomic mass is 16.5. The molecule has 126 valence electrons. The van der Waals surface area contributed by atoms with E-state index in [2.05, 4.69) is 5.32 Å². The molecule has 2 rings (SSSR count). The second kappa shape index (κ2) is 7.46. The number of ether oxygens (including phenoxy) is 1. The number of amides is 2. The number of rotatable bonds is 5. The highest BCUT2D eigenvalue weighted by molar-refractivity contribution is 5.83. The van der Waals surface area contributed by atoms with E-state index in [4.69, 9.17) is 4.74 Å². The number of benzene rings is 1. The lowest BCUT2D eigenvalue weighted by atomic mass is 10.0. The Morgan fingerprint density at radius 3 is 2.70 bits per heavy atom. The molecule has 0 aliphatic carbocycles. The van der Waals surface area contributed by atoms with E-state index in [1.165, 1.54) is 4.90 Å². The zero-order valence-electron chi connectivity index (χ0n) is 14.2. The van der Waals surface area contributed by atoms with Crippen molar-refractivity contribution in [3.8, 4) is 5.75 Å². The number of para-hydroxylation sites is 1. The molecule has 2 amide bonds. The number of likely N-dealkylation sites (N-methyl/N-ethyl adjacent to an activating group) is 2. The lowest BCUT2D eigenvalue weighted by Crippen LogP contribution is -2.48. The van der Waals surface area contributed by atoms with Crippen LogP contribution >= 0.6 is 0 Å². The summed E-state index contributed by atoms with van der Waals surface area (Å²) in [5.41, 5.74) is 1.01. The average molecular weight is 319 g/mol. The van der Waals surface area contributed by atoms with Crippen molar-refractivity contribution in [3.05, 3.63) is 29.8 Å². The lowest BCUT2D eigenvalue weighted by molar-refractivity contribution is -0.132. The van der Waals surface area contributed by atoms with Crippen molar-refractivity contribution in [1.82, 2.24) is 15.1 Å². The molecule has 0 spiro atoms. The molecule has 0 fully saturated rings. The molecule has 1 aliphatic rings. The van der Waals surface area contributed by atoms with E-state index in [9.17, 15) is 9.59 Å². The Morgan fingerprint density at radius 1 is 1.30 bits per heavy atom. The van der Waals surface area contributed by atoms with Gasteiger partial charge in [-0.1, -0.05) is 18.2 Å². The third-order valence-corrected chi connectivity index (χ3v) is 4.20. The summed E-state index contributed by atoms with van der Waals surface area (Å²) in [6, 6.07) is 7.33. The topological polar surface area (TPSA) is 61.9 Å². The van der Waals surface area contributed by atoms with Gasteiger partial charge >= 0.3 is 0 Å². The van der Waals surface area contributed by atoms with E-state index in [1.54, 1.807) is 26.0 Å². The van der Waals surface area contributed by atoms with E-state index < -0.39 is 0 Å². The molecular weight excluding hydrogens is 294 g/mol. The third-order valence-electron chi connectivity index (χ3n) is 4.20. The van der Waals surface area contributed by atoms with Crippen LogP contribution in [0.2, 0.25) is 0 Å². The van der Waals surface area contributed by atoms with Crippen molar-refractivity contribution < 1.29 is 14.3 Å². The summed E-state index contributed by atoms with van der Waals surface area (Å²) in [4.78, 5) is 27.5. The van der Waals surface area contributed by atoms with Gasteiger partial charge in [0.25, 0.3) is 0 Å². The Balaban J connectivity index is 1.98. The molecular formula is C17H25N3O3. The van der Waals surface area contributed by atoms with Crippen LogP contribution in [0.1, 0.15) is 24.9 Å². The Labute approximate surface area is 137 Å². The van der Waals surface area contributed by atoms with Crippen LogP contribution in [0, 0.1) is 0 Å². The van der Waals surface area contributed by atoms with Crippen LogP contribution in [-0.4, -0.2) is 62.0 Å². The molecule has 0 saturated carbocycles. The zero-order chi connectivity index (χ0) is 17.0. The minimum absolute atomic E-state index is 0.0245. The van der Waals surface area contributed by atoms with Crippen molar-refractivity contribution in [2.45, 2.75) is 25.4 Å². The molecule has 1 aromatic rings. The molecule has 0 radical (unpaired) electrons. The van der Waals surface area contributed by atoms with Gasteiger partial charge < -0.3 is 15.0 Å². The molecule has 23 heavy (non-hydrogen) atoms. The van der Waals surface area contributed by atoms with Crippen LogP contribution in [0.3, 0.4) is 0 Å². The number of hydrogen-bond donors (Lipinski definition) is 1. The van der Waals surface area contributed by atoms with Gasteiger partial charge in [0.1, 0.15) is 5.75 Å². The molecule has 0 saturated heterocycles. The van der Waals surface area contributed by atoms with Gasteiger partial charge in [-0.15, -0.1) is 0 Å². The normalized spacial score (nSPS) is 17.9. The Morgan fingerprint density at radius 2 is 2.00 bits per heavy atom. The summed E-state index contributed by atoms with van der Waals surface area (Å²) < 4.78 is 5.61. The maximum Gasteiger partial charge on any atom is 0.237 e. The number of carbonyl (C=O) groups is 2. The first kappa shape index (κ1) is 17.3. The van der Waals surface area contributed by atoms with Gasteiger partial charge in [-0.2, -0.15) is 0 Å². The summed E-state index contributed by atoms with van der Waals surface area (Å²) in [6.07, 6.45) is 0.746. The predicted octanol–water partition coefficient (Wildman–Crippen LogP) is 1.03. The second-order valence-electron chi connectivity index (χ2n) is 6.12. The van der Waals surface area contributed by atoms with E-state index >= 15 is 0 Å². The van der Waals surface area contributed by atoms with Gasteiger partial charge in [-0.25, -0.2) is 0 Å². The molecule has 0 bridgehead atoms. The number of nitrogens with zero attached hydrogens (tertiary/aromatic N) is 2. The third kappa shape index (κ3) is 4.22. The van der Waals surface area contributed by atoms with Gasteiger partial charge in [-0.3, -0.25) is 14.5 Å². The van der Waals surface area contributed by atoms with Crippen molar-refractivity contribution in [2.24, 2.45) is 0 Å². The van der Waals surface area contributed by atoms with Crippen molar-refractivity contribution >= 4 is 11.8 Å². The number of fused-ring (bicyclic) bond motifs is 1. The average Bonchev–Trinajstić information content (AvgIpc) is 2.54. The molecule has 0 aromatic heterocycles. The smallest absolute Gasteiger partial charge is 0.237 e. The van der Waals surface area contributed by atoms with Crippen molar-refractivity contribution in [1.29, 1.82) is 0 Å². The summed E-state index contributed by atoms with van der Waals surface area (Å²) in [5.74, 6) is 0.720. The minimum atomic E-state index is -0.381. The number of carbonyl (C=O) groups excluding carboxylic acids is 2. The quantitative estimate of drug-likeness (QED) is 0.881. The van der Waals surface area contributed by atoms with Crippen LogP contribution in [0.5, 0.6) is 5.75 Å². The molecule has 1 N–H and O–H groups in total. The maximum atomic E-state index is 12.5. The molecule has 1 heterocycles. The van der Waals surface area contributed by atoms with Gasteiger partial charge in [0, 0.05) is 26.1 Å². The van der Waals surface area contributed by atoms with E-state index in [-0.39, 0.29) is 30.4 Å². The molecule has 1 aliphatic heterocycles. The zero-order valence-corrected chi connectivity index (χ0v) is 14.2. The Kier molecular flexibility index (Phi) is 5.60. The summed E-state index contributed by atoms with van der Waals surface area (Å²) >= 11 is 0. The van der Waals surface area contributed by atoms with Crippen LogP contribution in [0.15, 0.2) is 24.3 Å². The number of hydrogen-bond acceptors (Lipinski definition) is 4. The monoisotopic (exact) mass is 319 g/mol. The summed E-state index contributed by atoms with van der Waals surface area (Å²) in [6.45, 7) is 2.61. The van der Waals surface area contributed by atoms with Crippen LogP contribution < -0.4 is 10.1 Å². The van der Waals surface area contributed by atoms with E-state index in [1.807, 2.05) is 31.2 Å². The first-order chi connectivity index (χ1) is 10.9. The molecule has 2 unspecified atom stereocenters. The van der Waals surface area contributed by atoms with Crippen LogP contribution in [-0.2, 0) is 9.59 Å². The van der Waals surface area contributed by atoms with Crippen molar-refractivity contribution in [3.63, 3.8) is 0 Å². The maximum absolute atomic E-state index is 12.5. The molecule has 2 atom stereocenters. The molecule has 1 aromatic carbocycles. The Bertz CT molecular complexity index is 574. The fraction of sp³-hybridized carbons (Fsp3) is 0.529. The first-order valence-corrected chi connectivity index (χ1v) is 7.82. The van der Waals surface area contributed by atoms with E-state index in [0.717, 1.165) is 17.7 Å². The fourth-order valence-corrected chi connectivity index (χ4v) is 2.48.